The Bertz CT molecular complexity index is 1290. The molecule has 4 aromatic rings. The van der Waals surface area contributed by atoms with E-state index in [2.05, 4.69) is 33.0 Å². The number of amides is 2. The number of anilines is 2. The number of rotatable bonds is 8. The third-order valence-corrected chi connectivity index (χ3v) is 5.61. The molecule has 0 atom stereocenters. The van der Waals surface area contributed by atoms with Crippen molar-refractivity contribution in [2.75, 3.05) is 10.6 Å². The average molecular weight is 457 g/mol. The first-order chi connectivity index (χ1) is 16.5. The van der Waals surface area contributed by atoms with Crippen molar-refractivity contribution in [3.8, 4) is 5.69 Å². The van der Waals surface area contributed by atoms with Crippen LogP contribution in [0.5, 0.6) is 0 Å². The van der Waals surface area contributed by atoms with Crippen LogP contribution < -0.4 is 10.6 Å². The zero-order valence-corrected chi connectivity index (χ0v) is 19.6. The number of hydrogen-bond donors (Lipinski definition) is 2. The smallest absolute Gasteiger partial charge is 0.276 e. The SMILES string of the molecule is CCC(=O)Nc1cc(C(=O)Nc2c(C)nn(CCc3ccccc3)c2C)nn1-c1ccccc1. The summed E-state index contributed by atoms with van der Waals surface area (Å²) >= 11 is 0. The summed E-state index contributed by atoms with van der Waals surface area (Å²) in [4.78, 5) is 25.1. The largest absolute Gasteiger partial charge is 0.317 e. The molecule has 8 heteroatoms. The van der Waals surface area contributed by atoms with Gasteiger partial charge in [-0.25, -0.2) is 4.68 Å². The number of nitrogens with zero attached hydrogens (tertiary/aromatic N) is 4. The maximum Gasteiger partial charge on any atom is 0.276 e. The number of nitrogens with one attached hydrogen (secondary N) is 2. The molecule has 0 aliphatic rings. The van der Waals surface area contributed by atoms with Crippen molar-refractivity contribution in [3.05, 3.63) is 89.4 Å². The van der Waals surface area contributed by atoms with Crippen molar-refractivity contribution < 1.29 is 9.59 Å². The third kappa shape index (κ3) is 5.06. The van der Waals surface area contributed by atoms with Gasteiger partial charge in [0.15, 0.2) is 5.69 Å². The minimum atomic E-state index is -0.365. The van der Waals surface area contributed by atoms with E-state index in [1.165, 1.54) is 5.56 Å². The highest BCUT2D eigenvalue weighted by Gasteiger charge is 2.20. The number of hydrogen-bond acceptors (Lipinski definition) is 4. The van der Waals surface area contributed by atoms with Crippen molar-refractivity contribution in [2.45, 2.75) is 40.2 Å². The lowest BCUT2D eigenvalue weighted by molar-refractivity contribution is -0.115. The first-order valence-electron chi connectivity index (χ1n) is 11.3. The fourth-order valence-corrected chi connectivity index (χ4v) is 3.73. The second kappa shape index (κ2) is 10.2. The van der Waals surface area contributed by atoms with Gasteiger partial charge in [-0.15, -0.1) is 0 Å². The summed E-state index contributed by atoms with van der Waals surface area (Å²) in [5, 5.41) is 14.9. The minimum absolute atomic E-state index is 0.157. The molecule has 2 aromatic carbocycles. The van der Waals surface area contributed by atoms with E-state index >= 15 is 0 Å². The Morgan fingerprint density at radius 2 is 1.59 bits per heavy atom. The Balaban J connectivity index is 1.55. The molecule has 2 aromatic heterocycles. The third-order valence-electron chi connectivity index (χ3n) is 5.61. The molecule has 0 saturated heterocycles. The fraction of sp³-hybridized carbons (Fsp3) is 0.231. The summed E-state index contributed by atoms with van der Waals surface area (Å²) in [6.45, 7) is 6.29. The molecule has 2 N–H and O–H groups in total. The van der Waals surface area contributed by atoms with E-state index in [0.717, 1.165) is 23.5 Å². The van der Waals surface area contributed by atoms with Gasteiger partial charge in [0, 0.05) is 19.0 Å². The first kappa shape index (κ1) is 23.0. The van der Waals surface area contributed by atoms with Gasteiger partial charge in [0.1, 0.15) is 5.82 Å². The summed E-state index contributed by atoms with van der Waals surface area (Å²) in [5.41, 5.74) is 4.46. The van der Waals surface area contributed by atoms with Crippen molar-refractivity contribution in [3.63, 3.8) is 0 Å². The van der Waals surface area contributed by atoms with Gasteiger partial charge >= 0.3 is 0 Å². The Morgan fingerprint density at radius 3 is 2.26 bits per heavy atom. The van der Waals surface area contributed by atoms with E-state index in [4.69, 9.17) is 0 Å². The number of aryl methyl sites for hydroxylation is 3. The molecule has 34 heavy (non-hydrogen) atoms. The zero-order chi connectivity index (χ0) is 24.1. The minimum Gasteiger partial charge on any atom is -0.317 e. The number of para-hydroxylation sites is 1. The lowest BCUT2D eigenvalue weighted by Gasteiger charge is -2.07. The molecule has 0 aliphatic heterocycles. The molecular formula is C26H28N6O2. The van der Waals surface area contributed by atoms with Gasteiger partial charge in [-0.1, -0.05) is 55.5 Å². The molecule has 8 nitrogen and oxygen atoms in total. The molecule has 0 saturated carbocycles. The highest BCUT2D eigenvalue weighted by atomic mass is 16.2. The molecule has 0 fully saturated rings. The fourth-order valence-electron chi connectivity index (χ4n) is 3.73. The number of carbonyl (C=O) groups excluding carboxylic acids is 2. The van der Waals surface area contributed by atoms with Crippen LogP contribution in [0.3, 0.4) is 0 Å². The molecule has 0 unspecified atom stereocenters. The first-order valence-corrected chi connectivity index (χ1v) is 11.3. The van der Waals surface area contributed by atoms with Crippen LogP contribution >= 0.6 is 0 Å². The summed E-state index contributed by atoms with van der Waals surface area (Å²) in [7, 11) is 0. The maximum absolute atomic E-state index is 13.1. The van der Waals surface area contributed by atoms with Crippen LogP contribution in [0.2, 0.25) is 0 Å². The number of aromatic nitrogens is 4. The summed E-state index contributed by atoms with van der Waals surface area (Å²) in [6.07, 6.45) is 1.17. The van der Waals surface area contributed by atoms with Crippen molar-refractivity contribution in [1.29, 1.82) is 0 Å². The highest BCUT2D eigenvalue weighted by molar-refractivity contribution is 6.04. The second-order valence-corrected chi connectivity index (χ2v) is 8.02. The molecule has 0 aliphatic carbocycles. The van der Waals surface area contributed by atoms with Gasteiger partial charge in [0.05, 0.1) is 22.8 Å². The lowest BCUT2D eigenvalue weighted by Crippen LogP contribution is -2.15. The Hall–Kier alpha value is -4.20. The van der Waals surface area contributed by atoms with Gasteiger partial charge in [-0.2, -0.15) is 10.2 Å². The van der Waals surface area contributed by atoms with E-state index in [1.54, 1.807) is 17.7 Å². The topological polar surface area (TPSA) is 93.8 Å². The van der Waals surface area contributed by atoms with Gasteiger partial charge in [0.2, 0.25) is 5.91 Å². The van der Waals surface area contributed by atoms with Crippen LogP contribution in [-0.2, 0) is 17.8 Å². The monoisotopic (exact) mass is 456 g/mol. The van der Waals surface area contributed by atoms with E-state index in [1.807, 2.05) is 67.1 Å². The van der Waals surface area contributed by atoms with Crippen LogP contribution in [0, 0.1) is 13.8 Å². The van der Waals surface area contributed by atoms with Gasteiger partial charge < -0.3 is 10.6 Å². The quantitative estimate of drug-likeness (QED) is 0.407. The molecule has 2 heterocycles. The maximum atomic E-state index is 13.1. The molecule has 2 amide bonds. The van der Waals surface area contributed by atoms with Crippen LogP contribution in [0.4, 0.5) is 11.5 Å². The summed E-state index contributed by atoms with van der Waals surface area (Å²) < 4.78 is 3.47. The number of carbonyl (C=O) groups is 2. The second-order valence-electron chi connectivity index (χ2n) is 8.02. The molecule has 4 rings (SSSR count). The zero-order valence-electron chi connectivity index (χ0n) is 19.6. The predicted octanol–water partition coefficient (Wildman–Crippen LogP) is 4.53. The standard InChI is InChI=1S/C26H28N6O2/c1-4-24(33)27-23-17-22(30-32(23)21-13-9-6-10-14-21)26(34)28-25-18(2)29-31(19(25)3)16-15-20-11-7-5-8-12-20/h5-14,17H,4,15-16H2,1-3H3,(H,27,33)(H,28,34). The number of benzene rings is 2. The Morgan fingerprint density at radius 1 is 0.912 bits per heavy atom. The molecule has 0 radical (unpaired) electrons. The van der Waals surface area contributed by atoms with Crippen LogP contribution in [0.1, 0.15) is 40.8 Å². The van der Waals surface area contributed by atoms with Crippen LogP contribution in [-0.4, -0.2) is 31.4 Å². The molecule has 0 bridgehead atoms. The van der Waals surface area contributed by atoms with Gasteiger partial charge in [-0.3, -0.25) is 14.3 Å². The highest BCUT2D eigenvalue weighted by Crippen LogP contribution is 2.23. The van der Waals surface area contributed by atoms with Crippen molar-refractivity contribution in [2.24, 2.45) is 0 Å². The molecular weight excluding hydrogens is 428 g/mol. The van der Waals surface area contributed by atoms with E-state index in [9.17, 15) is 9.59 Å². The van der Waals surface area contributed by atoms with E-state index < -0.39 is 0 Å². The molecule has 0 spiro atoms. The summed E-state index contributed by atoms with van der Waals surface area (Å²) in [6, 6.07) is 21.2. The Labute approximate surface area is 198 Å². The van der Waals surface area contributed by atoms with Crippen molar-refractivity contribution >= 4 is 23.3 Å². The van der Waals surface area contributed by atoms with Crippen LogP contribution in [0.25, 0.3) is 5.69 Å². The summed E-state index contributed by atoms with van der Waals surface area (Å²) in [5.74, 6) is -0.0823. The lowest BCUT2D eigenvalue weighted by atomic mass is 10.1. The van der Waals surface area contributed by atoms with Gasteiger partial charge in [0.25, 0.3) is 5.91 Å². The predicted molar refractivity (Wildman–Crippen MR) is 132 cm³/mol. The molecule has 174 valence electrons. The van der Waals surface area contributed by atoms with Gasteiger partial charge in [-0.05, 0) is 38.0 Å². The van der Waals surface area contributed by atoms with E-state index in [-0.39, 0.29) is 17.5 Å². The normalized spacial score (nSPS) is 10.8. The average Bonchev–Trinajstić information content (AvgIpc) is 3.40. The van der Waals surface area contributed by atoms with Crippen LogP contribution in [0.15, 0.2) is 66.7 Å². The van der Waals surface area contributed by atoms with E-state index in [0.29, 0.717) is 24.5 Å². The Kier molecular flexibility index (Phi) is 6.87. The van der Waals surface area contributed by atoms with Crippen molar-refractivity contribution in [1.82, 2.24) is 19.6 Å².